The first kappa shape index (κ1) is 11.6. The standard InChI is InChI=1S/C12H17N/c1-5-8-11(7-3)12(9-6-2)10-13-4/h5-10H,3H2,1-2,4H3/b8-5-,9-6-,12-11-,13-10-. The van der Waals surface area contributed by atoms with Crippen LogP contribution in [0.15, 0.2) is 53.1 Å². The van der Waals surface area contributed by atoms with Gasteiger partial charge < -0.3 is 0 Å². The molecule has 0 aromatic heterocycles. The third-order valence-electron chi connectivity index (χ3n) is 1.51. The molecular weight excluding hydrogens is 158 g/mol. The van der Waals surface area contributed by atoms with Gasteiger partial charge in [0.1, 0.15) is 0 Å². The lowest BCUT2D eigenvalue weighted by atomic mass is 10.1. The lowest BCUT2D eigenvalue weighted by Crippen LogP contribution is -1.85. The summed E-state index contributed by atoms with van der Waals surface area (Å²) in [6, 6.07) is 0. The third-order valence-corrected chi connectivity index (χ3v) is 1.51. The Balaban J connectivity index is 5.10. The van der Waals surface area contributed by atoms with Gasteiger partial charge in [0.05, 0.1) is 0 Å². The molecular formula is C12H17N. The molecule has 0 rings (SSSR count). The van der Waals surface area contributed by atoms with E-state index < -0.39 is 0 Å². The molecule has 0 aliphatic carbocycles. The van der Waals surface area contributed by atoms with Crippen molar-refractivity contribution < 1.29 is 0 Å². The van der Waals surface area contributed by atoms with Crippen molar-refractivity contribution in [3.05, 3.63) is 48.1 Å². The summed E-state index contributed by atoms with van der Waals surface area (Å²) >= 11 is 0. The average Bonchev–Trinajstić information content (AvgIpc) is 2.14. The van der Waals surface area contributed by atoms with E-state index in [1.807, 2.05) is 50.4 Å². The smallest absolute Gasteiger partial charge is 0.0287 e. The first-order chi connectivity index (χ1) is 6.29. The van der Waals surface area contributed by atoms with Crippen LogP contribution in [-0.2, 0) is 0 Å². The number of allylic oxidation sites excluding steroid dienone is 7. The van der Waals surface area contributed by atoms with Crippen LogP contribution in [0.3, 0.4) is 0 Å². The van der Waals surface area contributed by atoms with Gasteiger partial charge in [0, 0.05) is 13.3 Å². The fourth-order valence-corrected chi connectivity index (χ4v) is 0.994. The van der Waals surface area contributed by atoms with Gasteiger partial charge in [-0.15, -0.1) is 0 Å². The third kappa shape index (κ3) is 4.26. The molecule has 1 nitrogen and oxygen atoms in total. The van der Waals surface area contributed by atoms with E-state index in [-0.39, 0.29) is 0 Å². The van der Waals surface area contributed by atoms with Gasteiger partial charge in [-0.25, -0.2) is 0 Å². The summed E-state index contributed by atoms with van der Waals surface area (Å²) < 4.78 is 0. The SMILES string of the molecule is C=CC(/C=C\C)=C(\C=C/C)/C=N\C. The number of nitrogens with zero attached hydrogens (tertiary/aromatic N) is 1. The predicted molar refractivity (Wildman–Crippen MR) is 61.3 cm³/mol. The molecule has 0 amide bonds. The highest BCUT2D eigenvalue weighted by Gasteiger charge is 1.92. The van der Waals surface area contributed by atoms with Crippen LogP contribution in [0.4, 0.5) is 0 Å². The summed E-state index contributed by atoms with van der Waals surface area (Å²) in [7, 11) is 1.76. The maximum absolute atomic E-state index is 3.99. The van der Waals surface area contributed by atoms with Gasteiger partial charge in [-0.2, -0.15) is 0 Å². The number of hydrogen-bond acceptors (Lipinski definition) is 1. The molecule has 0 aromatic rings. The predicted octanol–water partition coefficient (Wildman–Crippen LogP) is 3.32. The van der Waals surface area contributed by atoms with Gasteiger partial charge in [0.15, 0.2) is 0 Å². The Morgan fingerprint density at radius 3 is 2.00 bits per heavy atom. The second kappa shape index (κ2) is 7.29. The highest BCUT2D eigenvalue weighted by atomic mass is 14.6. The molecule has 0 saturated heterocycles. The van der Waals surface area contributed by atoms with E-state index in [1.54, 1.807) is 7.05 Å². The molecule has 0 atom stereocenters. The quantitative estimate of drug-likeness (QED) is 0.459. The molecule has 0 bridgehead atoms. The highest BCUT2D eigenvalue weighted by molar-refractivity contribution is 5.85. The summed E-state index contributed by atoms with van der Waals surface area (Å²) in [5.74, 6) is 0. The number of rotatable bonds is 4. The molecule has 0 saturated carbocycles. The Morgan fingerprint density at radius 1 is 1.08 bits per heavy atom. The Morgan fingerprint density at radius 2 is 1.62 bits per heavy atom. The van der Waals surface area contributed by atoms with Gasteiger partial charge in [0.2, 0.25) is 0 Å². The second-order valence-corrected chi connectivity index (χ2v) is 2.50. The lowest BCUT2D eigenvalue weighted by Gasteiger charge is -1.98. The molecule has 0 aliphatic rings. The van der Waals surface area contributed by atoms with Crippen LogP contribution < -0.4 is 0 Å². The van der Waals surface area contributed by atoms with E-state index in [2.05, 4.69) is 11.6 Å². The van der Waals surface area contributed by atoms with Gasteiger partial charge in [-0.3, -0.25) is 4.99 Å². The minimum Gasteiger partial charge on any atom is -0.296 e. The molecule has 0 radical (unpaired) electrons. The molecule has 0 fully saturated rings. The summed E-state index contributed by atoms with van der Waals surface area (Å²) in [4.78, 5) is 3.99. The van der Waals surface area contributed by atoms with Crippen molar-refractivity contribution in [2.45, 2.75) is 13.8 Å². The van der Waals surface area contributed by atoms with E-state index in [0.29, 0.717) is 0 Å². The van der Waals surface area contributed by atoms with E-state index in [1.165, 1.54) is 0 Å². The molecule has 70 valence electrons. The minimum atomic E-state index is 1.08. The van der Waals surface area contributed by atoms with E-state index in [4.69, 9.17) is 0 Å². The van der Waals surface area contributed by atoms with Crippen LogP contribution in [0.2, 0.25) is 0 Å². The fraction of sp³-hybridized carbons (Fsp3) is 0.250. The molecule has 0 unspecified atom stereocenters. The Kier molecular flexibility index (Phi) is 6.52. The van der Waals surface area contributed by atoms with E-state index >= 15 is 0 Å². The minimum absolute atomic E-state index is 1.08. The van der Waals surface area contributed by atoms with E-state index in [0.717, 1.165) is 11.1 Å². The Labute approximate surface area is 80.9 Å². The zero-order valence-corrected chi connectivity index (χ0v) is 8.62. The molecule has 0 spiro atoms. The van der Waals surface area contributed by atoms with Crippen LogP contribution >= 0.6 is 0 Å². The normalized spacial score (nSPS) is 14.4. The van der Waals surface area contributed by atoms with Crippen LogP contribution in [0.5, 0.6) is 0 Å². The molecule has 13 heavy (non-hydrogen) atoms. The molecule has 1 heteroatoms. The zero-order valence-electron chi connectivity index (χ0n) is 8.62. The van der Waals surface area contributed by atoms with Crippen molar-refractivity contribution in [2.24, 2.45) is 4.99 Å². The maximum atomic E-state index is 3.99. The topological polar surface area (TPSA) is 12.4 Å². The molecule has 0 aromatic carbocycles. The van der Waals surface area contributed by atoms with Crippen molar-refractivity contribution in [3.8, 4) is 0 Å². The zero-order chi connectivity index (χ0) is 10.1. The highest BCUT2D eigenvalue weighted by Crippen LogP contribution is 2.07. The summed E-state index contributed by atoms with van der Waals surface area (Å²) in [5, 5.41) is 0. The molecule has 0 N–H and O–H groups in total. The Bertz CT molecular complexity index is 251. The number of aliphatic imine (C=N–C) groups is 1. The average molecular weight is 175 g/mol. The van der Waals surface area contributed by atoms with Gasteiger partial charge in [0.25, 0.3) is 0 Å². The fourth-order valence-electron chi connectivity index (χ4n) is 0.994. The van der Waals surface area contributed by atoms with Crippen LogP contribution in [-0.4, -0.2) is 13.3 Å². The Hall–Kier alpha value is -1.37. The molecule has 0 aliphatic heterocycles. The van der Waals surface area contributed by atoms with Gasteiger partial charge in [-0.1, -0.05) is 37.0 Å². The summed E-state index contributed by atoms with van der Waals surface area (Å²) in [6.45, 7) is 7.73. The largest absolute Gasteiger partial charge is 0.296 e. The number of hydrogen-bond donors (Lipinski definition) is 0. The van der Waals surface area contributed by atoms with Crippen LogP contribution in [0, 0.1) is 0 Å². The van der Waals surface area contributed by atoms with Crippen LogP contribution in [0.1, 0.15) is 13.8 Å². The first-order valence-corrected chi connectivity index (χ1v) is 4.34. The van der Waals surface area contributed by atoms with Crippen LogP contribution in [0.25, 0.3) is 0 Å². The first-order valence-electron chi connectivity index (χ1n) is 4.34. The summed E-state index contributed by atoms with van der Waals surface area (Å²) in [6.07, 6.45) is 11.7. The van der Waals surface area contributed by atoms with Crippen molar-refractivity contribution in [1.82, 2.24) is 0 Å². The monoisotopic (exact) mass is 175 g/mol. The maximum Gasteiger partial charge on any atom is 0.0287 e. The molecule has 0 heterocycles. The van der Waals surface area contributed by atoms with E-state index in [9.17, 15) is 0 Å². The van der Waals surface area contributed by atoms with Gasteiger partial charge in [-0.05, 0) is 25.0 Å². The van der Waals surface area contributed by atoms with Crippen molar-refractivity contribution in [1.29, 1.82) is 0 Å². The van der Waals surface area contributed by atoms with Gasteiger partial charge >= 0.3 is 0 Å². The lowest BCUT2D eigenvalue weighted by molar-refractivity contribution is 1.45. The van der Waals surface area contributed by atoms with Crippen molar-refractivity contribution in [3.63, 3.8) is 0 Å². The van der Waals surface area contributed by atoms with Crippen molar-refractivity contribution in [2.75, 3.05) is 7.05 Å². The van der Waals surface area contributed by atoms with Crippen molar-refractivity contribution >= 4 is 6.21 Å². The second-order valence-electron chi connectivity index (χ2n) is 2.50. The summed E-state index contributed by atoms with van der Waals surface area (Å²) in [5.41, 5.74) is 2.17.